The second-order valence-corrected chi connectivity index (χ2v) is 13.6. The van der Waals surface area contributed by atoms with Gasteiger partial charge in [0.2, 0.25) is 0 Å². The van der Waals surface area contributed by atoms with Gasteiger partial charge in [-0.3, -0.25) is 0 Å². The first-order valence-corrected chi connectivity index (χ1v) is 13.0. The summed E-state index contributed by atoms with van der Waals surface area (Å²) in [5.74, 6) is 0. The summed E-state index contributed by atoms with van der Waals surface area (Å²) < 4.78 is 10.3. The monoisotopic (exact) mass is 412 g/mol. The van der Waals surface area contributed by atoms with Crippen LogP contribution in [0.4, 0.5) is 0 Å². The number of hydrogen-bond acceptors (Lipinski definition) is 8. The molecule has 8 heteroatoms. The van der Waals surface area contributed by atoms with Gasteiger partial charge in [-0.25, -0.2) is 0 Å². The lowest BCUT2D eigenvalue weighted by atomic mass is 10.4. The van der Waals surface area contributed by atoms with Gasteiger partial charge in [-0.2, -0.15) is 0 Å². The van der Waals surface area contributed by atoms with Gasteiger partial charge in [0, 0.05) is 4.24 Å². The summed E-state index contributed by atoms with van der Waals surface area (Å²) in [6.45, 7) is 4.41. The number of thioether (sulfide) groups is 8. The van der Waals surface area contributed by atoms with Gasteiger partial charge in [0.1, 0.15) is 0 Å². The number of rotatable bonds is 2. The van der Waals surface area contributed by atoms with E-state index in [1.54, 1.807) is 0 Å². The van der Waals surface area contributed by atoms with Crippen molar-refractivity contribution in [2.45, 2.75) is 13.8 Å². The standard InChI is InChI=1S/C12H12S8/c1-5(2)6-15-9-10(16-6)20-12(19-9)11-17-7(13-3)8(14-4)18-11/h1-4H3. The summed E-state index contributed by atoms with van der Waals surface area (Å²) in [6, 6.07) is 0. The summed E-state index contributed by atoms with van der Waals surface area (Å²) in [5.41, 5.74) is 1.44. The maximum atomic E-state index is 2.20. The van der Waals surface area contributed by atoms with Gasteiger partial charge in [-0.1, -0.05) is 76.1 Å². The van der Waals surface area contributed by atoms with Gasteiger partial charge in [0.05, 0.1) is 25.4 Å². The molecule has 0 atom stereocenters. The Morgan fingerprint density at radius 3 is 1.45 bits per heavy atom. The fraction of sp³-hybridized carbons (Fsp3) is 0.333. The van der Waals surface area contributed by atoms with Crippen LogP contribution >= 0.6 is 94.1 Å². The molecule has 3 aliphatic heterocycles. The first-order valence-electron chi connectivity index (χ1n) is 5.67. The van der Waals surface area contributed by atoms with E-state index in [4.69, 9.17) is 0 Å². The molecule has 0 aliphatic carbocycles. The highest BCUT2D eigenvalue weighted by molar-refractivity contribution is 8.49. The molecular weight excluding hydrogens is 401 g/mol. The molecule has 0 fully saturated rings. The van der Waals surface area contributed by atoms with Crippen LogP contribution in [0.3, 0.4) is 0 Å². The summed E-state index contributed by atoms with van der Waals surface area (Å²) in [7, 11) is 0. The van der Waals surface area contributed by atoms with Crippen LogP contribution in [0.25, 0.3) is 0 Å². The third-order valence-electron chi connectivity index (χ3n) is 2.39. The molecule has 0 aromatic heterocycles. The van der Waals surface area contributed by atoms with Crippen molar-refractivity contribution in [3.05, 3.63) is 35.2 Å². The minimum atomic E-state index is 1.44. The lowest BCUT2D eigenvalue weighted by Crippen LogP contribution is -1.72. The largest absolute Gasteiger partial charge is 0.121 e. The predicted octanol–water partition coefficient (Wildman–Crippen LogP) is 7.78. The normalized spacial score (nSPS) is 22.5. The smallest absolute Gasteiger partial charge is 0.0718 e. The van der Waals surface area contributed by atoms with E-state index < -0.39 is 0 Å². The molecule has 0 spiro atoms. The molecule has 3 heterocycles. The molecule has 0 nitrogen and oxygen atoms in total. The average Bonchev–Trinajstić information content (AvgIpc) is 3.09. The Kier molecular flexibility index (Phi) is 5.91. The molecule has 0 aromatic carbocycles. The Bertz CT molecular complexity index is 536. The molecule has 3 aliphatic rings. The highest BCUT2D eigenvalue weighted by Crippen LogP contribution is 2.70. The predicted molar refractivity (Wildman–Crippen MR) is 112 cm³/mol. The topological polar surface area (TPSA) is 0 Å². The van der Waals surface area contributed by atoms with E-state index in [9.17, 15) is 0 Å². The molecule has 108 valence electrons. The van der Waals surface area contributed by atoms with Crippen LogP contribution in [0.2, 0.25) is 0 Å². The van der Waals surface area contributed by atoms with Crippen LogP contribution in [0.5, 0.6) is 0 Å². The van der Waals surface area contributed by atoms with Crippen LogP contribution < -0.4 is 0 Å². The second-order valence-electron chi connectivity index (χ2n) is 4.03. The first-order chi connectivity index (χ1) is 9.62. The fourth-order valence-electron chi connectivity index (χ4n) is 1.48. The fourth-order valence-corrected chi connectivity index (χ4v) is 13.0. The second kappa shape index (κ2) is 7.11. The molecule has 0 unspecified atom stereocenters. The van der Waals surface area contributed by atoms with Crippen molar-refractivity contribution >= 4 is 94.1 Å². The lowest BCUT2D eigenvalue weighted by Gasteiger charge is -2.06. The third-order valence-corrected chi connectivity index (χ3v) is 14.2. The van der Waals surface area contributed by atoms with E-state index in [-0.39, 0.29) is 0 Å². The van der Waals surface area contributed by atoms with Gasteiger partial charge in [-0.15, -0.1) is 23.5 Å². The van der Waals surface area contributed by atoms with E-state index in [0.717, 1.165) is 0 Å². The molecule has 20 heavy (non-hydrogen) atoms. The van der Waals surface area contributed by atoms with Crippen molar-refractivity contribution in [2.75, 3.05) is 12.5 Å². The third kappa shape index (κ3) is 3.32. The van der Waals surface area contributed by atoms with Gasteiger partial charge in [0.15, 0.2) is 0 Å². The highest BCUT2D eigenvalue weighted by atomic mass is 32.3. The van der Waals surface area contributed by atoms with Crippen molar-refractivity contribution in [2.24, 2.45) is 0 Å². The van der Waals surface area contributed by atoms with Crippen LogP contribution in [0, 0.1) is 0 Å². The Morgan fingerprint density at radius 2 is 1.05 bits per heavy atom. The minimum Gasteiger partial charge on any atom is -0.121 e. The van der Waals surface area contributed by atoms with Crippen LogP contribution in [-0.2, 0) is 0 Å². The molecule has 0 aromatic rings. The number of allylic oxidation sites excluding steroid dienone is 1. The zero-order valence-electron chi connectivity index (χ0n) is 11.3. The Labute approximate surface area is 154 Å². The van der Waals surface area contributed by atoms with E-state index >= 15 is 0 Å². The zero-order chi connectivity index (χ0) is 14.3. The van der Waals surface area contributed by atoms with E-state index in [1.165, 1.54) is 35.2 Å². The summed E-state index contributed by atoms with van der Waals surface area (Å²) in [6.07, 6.45) is 4.35. The molecule has 0 amide bonds. The molecule has 0 bridgehead atoms. The SMILES string of the molecule is CSC1=C(SC)SC(=C2SC3=C(SC(=C(C)C)S3)S2)S1. The van der Waals surface area contributed by atoms with Crippen LogP contribution in [0.15, 0.2) is 35.2 Å². The molecule has 0 saturated carbocycles. The Balaban J connectivity index is 1.73. The van der Waals surface area contributed by atoms with Crippen molar-refractivity contribution in [3.63, 3.8) is 0 Å². The van der Waals surface area contributed by atoms with Gasteiger partial charge in [0.25, 0.3) is 0 Å². The quantitative estimate of drug-likeness (QED) is 0.445. The van der Waals surface area contributed by atoms with Crippen molar-refractivity contribution in [3.8, 4) is 0 Å². The van der Waals surface area contributed by atoms with Gasteiger partial charge in [-0.05, 0) is 26.4 Å². The summed E-state index contributed by atoms with van der Waals surface area (Å²) in [4.78, 5) is 0. The van der Waals surface area contributed by atoms with Gasteiger partial charge >= 0.3 is 0 Å². The summed E-state index contributed by atoms with van der Waals surface area (Å²) >= 11 is 15.5. The Hall–Kier alpha value is 1.76. The summed E-state index contributed by atoms with van der Waals surface area (Å²) in [5, 5.41) is 0. The molecule has 0 saturated heterocycles. The first kappa shape index (κ1) is 16.6. The van der Waals surface area contributed by atoms with E-state index in [1.807, 2.05) is 94.1 Å². The van der Waals surface area contributed by atoms with E-state index in [0.29, 0.717) is 0 Å². The maximum Gasteiger partial charge on any atom is 0.0718 e. The minimum absolute atomic E-state index is 1.44. The lowest BCUT2D eigenvalue weighted by molar-refractivity contribution is 1.41. The Morgan fingerprint density at radius 1 is 0.650 bits per heavy atom. The van der Waals surface area contributed by atoms with Crippen LogP contribution in [-0.4, -0.2) is 12.5 Å². The van der Waals surface area contributed by atoms with Crippen molar-refractivity contribution < 1.29 is 0 Å². The molecule has 3 rings (SSSR count). The molecule has 0 radical (unpaired) electrons. The molecule has 0 N–H and O–H groups in total. The number of hydrogen-bond donors (Lipinski definition) is 0. The highest BCUT2D eigenvalue weighted by Gasteiger charge is 2.34. The zero-order valence-corrected chi connectivity index (χ0v) is 17.8. The van der Waals surface area contributed by atoms with E-state index in [2.05, 4.69) is 26.4 Å². The molecular formula is C12H12S8. The maximum absolute atomic E-state index is 2.20. The van der Waals surface area contributed by atoms with Crippen molar-refractivity contribution in [1.82, 2.24) is 0 Å². The van der Waals surface area contributed by atoms with Crippen LogP contribution in [0.1, 0.15) is 13.8 Å². The van der Waals surface area contributed by atoms with Crippen molar-refractivity contribution in [1.29, 1.82) is 0 Å². The van der Waals surface area contributed by atoms with Gasteiger partial charge < -0.3 is 0 Å². The average molecular weight is 413 g/mol.